The number of nitrogens with zero attached hydrogens (tertiary/aromatic N) is 4. The Labute approximate surface area is 355 Å². The fourth-order valence-electron chi connectivity index (χ4n) is 8.72. The topological polar surface area (TPSA) is 193 Å². The van der Waals surface area contributed by atoms with Crippen LogP contribution in [-0.2, 0) is 19.1 Å². The summed E-state index contributed by atoms with van der Waals surface area (Å²) < 4.78 is 22.8. The number of hydrogen-bond donors (Lipinski definition) is 4. The summed E-state index contributed by atoms with van der Waals surface area (Å²) in [5, 5.41) is 5.42. The van der Waals surface area contributed by atoms with Gasteiger partial charge in [-0.15, -0.1) is 0 Å². The lowest BCUT2D eigenvalue weighted by molar-refractivity contribution is -0.136. The minimum Gasteiger partial charge on any atom is -0.492 e. The van der Waals surface area contributed by atoms with Gasteiger partial charge >= 0.3 is 12.2 Å². The van der Waals surface area contributed by atoms with Crippen LogP contribution in [0.2, 0.25) is 0 Å². The summed E-state index contributed by atoms with van der Waals surface area (Å²) in [7, 11) is 2.58. The Morgan fingerprint density at radius 1 is 0.705 bits per heavy atom. The maximum absolute atomic E-state index is 13.7. The number of likely N-dealkylation sites (tertiary alicyclic amines) is 2. The van der Waals surface area contributed by atoms with Crippen LogP contribution in [0.4, 0.5) is 9.59 Å². The van der Waals surface area contributed by atoms with E-state index in [1.807, 2.05) is 52.0 Å². The third-order valence-corrected chi connectivity index (χ3v) is 12.6. The SMILES string of the molecule is COC(=O)NC(C(=O)N1CCC[C@H]1c1ncc(-c2ccc3c(c2)OCC2(CC2)COc2cc(-c4cnc([C@@H]5CCCN5C(=O)[C@@H](NC(=O)OC)C(C)C)[nH]4)ccc2-3)[nH]1)C(C)C. The number of benzene rings is 2. The lowest BCUT2D eigenvalue weighted by atomic mass is 9.98. The van der Waals surface area contributed by atoms with E-state index in [4.69, 9.17) is 28.9 Å². The molecule has 2 aromatic heterocycles. The van der Waals surface area contributed by atoms with Gasteiger partial charge in [0.1, 0.15) is 35.2 Å². The molecule has 61 heavy (non-hydrogen) atoms. The number of nitrogens with one attached hydrogen (secondary N) is 4. The van der Waals surface area contributed by atoms with Gasteiger partial charge in [0.15, 0.2) is 0 Å². The van der Waals surface area contributed by atoms with Crippen molar-refractivity contribution in [2.24, 2.45) is 17.3 Å². The Hall–Kier alpha value is -6.06. The normalized spacial score (nSPS) is 20.1. The van der Waals surface area contributed by atoms with Gasteiger partial charge in [0.2, 0.25) is 11.8 Å². The number of amides is 4. The third-order valence-electron chi connectivity index (χ3n) is 12.6. The Bertz CT molecular complexity index is 2130. The van der Waals surface area contributed by atoms with Gasteiger partial charge in [-0.25, -0.2) is 19.6 Å². The summed E-state index contributed by atoms with van der Waals surface area (Å²) in [6, 6.07) is 10.3. The van der Waals surface area contributed by atoms with Crippen LogP contribution in [0.5, 0.6) is 11.5 Å². The number of rotatable bonds is 10. The van der Waals surface area contributed by atoms with E-state index in [1.165, 1.54) is 14.2 Å². The standard InChI is InChI=1S/C45H56N8O8/c1-25(2)37(50-43(56)58-5)41(54)52-17-7-9-33(52)39-46-21-31(48-39)27-11-13-29-30-14-12-28(20-36(30)61-24-45(15-16-45)23-60-35(29)19-27)32-22-47-40(49-32)34-10-8-18-53(34)42(55)38(26(3)4)51-44(57)59-6/h11-14,19-22,25-26,33-34,37-38H,7-10,15-18,23-24H2,1-6H3,(H,46,48)(H,47,49)(H,50,56)(H,51,57)/t33-,34-,37-,38?/m0/s1. The van der Waals surface area contributed by atoms with E-state index in [-0.39, 0.29) is 41.1 Å². The molecule has 2 saturated heterocycles. The number of alkyl carbamates (subject to hydrolysis) is 2. The molecule has 16 heteroatoms. The van der Waals surface area contributed by atoms with Crippen molar-refractivity contribution in [2.45, 2.75) is 90.4 Å². The van der Waals surface area contributed by atoms with Gasteiger partial charge in [0.25, 0.3) is 0 Å². The van der Waals surface area contributed by atoms with Crippen molar-refractivity contribution < 1.29 is 38.1 Å². The minimum atomic E-state index is -0.714. The molecule has 0 bridgehead atoms. The molecular formula is C45H56N8O8. The van der Waals surface area contributed by atoms with Crippen molar-refractivity contribution >= 4 is 24.0 Å². The summed E-state index contributed by atoms with van der Waals surface area (Å²) in [5.74, 6) is 2.29. The zero-order valence-corrected chi connectivity index (χ0v) is 35.7. The first kappa shape index (κ1) is 41.7. The van der Waals surface area contributed by atoms with Crippen molar-refractivity contribution in [1.82, 2.24) is 40.4 Å². The lowest BCUT2D eigenvalue weighted by Crippen LogP contribution is -2.51. The Kier molecular flexibility index (Phi) is 11.7. The van der Waals surface area contributed by atoms with E-state index in [1.54, 1.807) is 22.2 Å². The average molecular weight is 837 g/mol. The van der Waals surface area contributed by atoms with Gasteiger partial charge in [0.05, 0.1) is 63.3 Å². The van der Waals surface area contributed by atoms with E-state index >= 15 is 0 Å². The Morgan fingerprint density at radius 3 is 1.51 bits per heavy atom. The van der Waals surface area contributed by atoms with Crippen LogP contribution in [0, 0.1) is 17.3 Å². The molecule has 16 nitrogen and oxygen atoms in total. The van der Waals surface area contributed by atoms with E-state index in [0.717, 1.165) is 83.7 Å². The van der Waals surface area contributed by atoms with E-state index in [2.05, 4.69) is 32.7 Å². The molecule has 4 amide bonds. The predicted octanol–water partition coefficient (Wildman–Crippen LogP) is 6.77. The number of aromatic amines is 2. The molecule has 4 N–H and O–H groups in total. The monoisotopic (exact) mass is 836 g/mol. The zero-order chi connectivity index (χ0) is 43.0. The predicted molar refractivity (Wildman–Crippen MR) is 225 cm³/mol. The van der Waals surface area contributed by atoms with Crippen LogP contribution in [-0.4, -0.2) is 106 Å². The van der Waals surface area contributed by atoms with Crippen LogP contribution < -0.4 is 20.1 Å². The molecule has 1 unspecified atom stereocenters. The van der Waals surface area contributed by atoms with Crippen LogP contribution in [0.3, 0.4) is 0 Å². The fourth-order valence-corrected chi connectivity index (χ4v) is 8.72. The number of carbonyl (C=O) groups excluding carboxylic acids is 4. The first-order valence-corrected chi connectivity index (χ1v) is 21.3. The summed E-state index contributed by atoms with van der Waals surface area (Å²) >= 11 is 0. The number of hydrogen-bond acceptors (Lipinski definition) is 10. The van der Waals surface area contributed by atoms with Crippen molar-refractivity contribution in [3.8, 4) is 45.1 Å². The molecule has 4 atom stereocenters. The molecule has 1 aliphatic carbocycles. The number of fused-ring (bicyclic) bond motifs is 3. The second-order valence-electron chi connectivity index (χ2n) is 17.5. The van der Waals surface area contributed by atoms with Gasteiger partial charge in [-0.1, -0.05) is 39.8 Å². The summed E-state index contributed by atoms with van der Waals surface area (Å²) in [6.07, 6.45) is 7.51. The largest absolute Gasteiger partial charge is 0.492 e. The van der Waals surface area contributed by atoms with Crippen molar-refractivity contribution in [2.75, 3.05) is 40.5 Å². The fraction of sp³-hybridized carbons (Fsp3) is 0.511. The summed E-state index contributed by atoms with van der Waals surface area (Å²) in [5.41, 5.74) is 5.13. The molecular weight excluding hydrogens is 781 g/mol. The highest BCUT2D eigenvalue weighted by Crippen LogP contribution is 2.50. The highest BCUT2D eigenvalue weighted by atomic mass is 16.5. The molecule has 4 aromatic rings. The van der Waals surface area contributed by atoms with Gasteiger partial charge in [-0.2, -0.15) is 0 Å². The number of H-pyrrole nitrogens is 2. The van der Waals surface area contributed by atoms with Crippen molar-refractivity contribution in [3.05, 3.63) is 60.4 Å². The number of ether oxygens (including phenoxy) is 4. The second-order valence-corrected chi connectivity index (χ2v) is 17.5. The first-order chi connectivity index (χ1) is 29.4. The first-order valence-electron chi connectivity index (χ1n) is 21.3. The quantitative estimate of drug-likeness (QED) is 0.132. The lowest BCUT2D eigenvalue weighted by Gasteiger charge is -2.30. The molecule has 3 fully saturated rings. The van der Waals surface area contributed by atoms with Gasteiger partial charge in [0, 0.05) is 40.8 Å². The highest BCUT2D eigenvalue weighted by molar-refractivity contribution is 5.87. The zero-order valence-electron chi connectivity index (χ0n) is 35.7. The van der Waals surface area contributed by atoms with Crippen LogP contribution in [0.1, 0.15) is 90.0 Å². The van der Waals surface area contributed by atoms with Gasteiger partial charge in [-0.05, 0) is 74.6 Å². The van der Waals surface area contributed by atoms with Crippen LogP contribution in [0.15, 0.2) is 48.8 Å². The Balaban J connectivity index is 1.04. The molecule has 324 valence electrons. The number of aromatic nitrogens is 4. The average Bonchev–Trinajstić information content (AvgIpc) is 3.85. The summed E-state index contributed by atoms with van der Waals surface area (Å²) in [6.45, 7) is 9.80. The van der Waals surface area contributed by atoms with Crippen LogP contribution in [0.25, 0.3) is 33.6 Å². The van der Waals surface area contributed by atoms with E-state index < -0.39 is 24.3 Å². The Morgan fingerprint density at radius 2 is 1.13 bits per heavy atom. The van der Waals surface area contributed by atoms with Gasteiger partial charge < -0.3 is 49.3 Å². The van der Waals surface area contributed by atoms with E-state index in [9.17, 15) is 19.2 Å². The molecule has 1 saturated carbocycles. The van der Waals surface area contributed by atoms with Crippen molar-refractivity contribution in [3.63, 3.8) is 0 Å². The molecule has 1 spiro atoms. The highest BCUT2D eigenvalue weighted by Gasteiger charge is 2.46. The molecule has 4 aliphatic rings. The van der Waals surface area contributed by atoms with E-state index in [0.29, 0.717) is 38.0 Å². The maximum Gasteiger partial charge on any atom is 0.407 e. The van der Waals surface area contributed by atoms with Crippen molar-refractivity contribution in [1.29, 1.82) is 0 Å². The second kappa shape index (κ2) is 17.1. The third kappa shape index (κ3) is 8.49. The smallest absolute Gasteiger partial charge is 0.407 e. The summed E-state index contributed by atoms with van der Waals surface area (Å²) in [4.78, 5) is 71.7. The molecule has 0 radical (unpaired) electrons. The number of carbonyl (C=O) groups is 4. The molecule has 5 heterocycles. The number of methoxy groups -OCH3 is 2. The molecule has 3 aliphatic heterocycles. The van der Waals surface area contributed by atoms with Crippen LogP contribution >= 0.6 is 0 Å². The molecule has 2 aromatic carbocycles. The number of imidazole rings is 2. The minimum absolute atomic E-state index is 0.0721. The molecule has 8 rings (SSSR count). The van der Waals surface area contributed by atoms with Gasteiger partial charge in [-0.3, -0.25) is 9.59 Å². The maximum atomic E-state index is 13.7.